The molecule has 0 bridgehead atoms. The third-order valence-electron chi connectivity index (χ3n) is 5.34. The van der Waals surface area contributed by atoms with E-state index in [1.54, 1.807) is 25.1 Å². The van der Waals surface area contributed by atoms with Gasteiger partial charge in [-0.05, 0) is 61.4 Å². The first-order valence-electron chi connectivity index (χ1n) is 9.87. The van der Waals surface area contributed by atoms with Gasteiger partial charge < -0.3 is 14.6 Å². The van der Waals surface area contributed by atoms with Gasteiger partial charge in [-0.2, -0.15) is 0 Å². The number of ketones is 1. The second-order valence-corrected chi connectivity index (χ2v) is 8.65. The number of phenols is 1. The van der Waals surface area contributed by atoms with Gasteiger partial charge >= 0.3 is 0 Å². The number of nitrogens with zero attached hydrogens (tertiary/aromatic N) is 2. The number of Topliss-reactive ketones (excluding diaryl/α,β-unsaturated/α-hetero) is 1. The van der Waals surface area contributed by atoms with E-state index in [2.05, 4.69) is 4.98 Å². The molecule has 0 fully saturated rings. The predicted molar refractivity (Wildman–Crippen MR) is 120 cm³/mol. The molecule has 3 heterocycles. The third kappa shape index (κ3) is 3.16. The highest BCUT2D eigenvalue weighted by molar-refractivity contribution is 7.22. The predicted octanol–water partition coefficient (Wildman–Crippen LogP) is 4.99. The summed E-state index contributed by atoms with van der Waals surface area (Å²) < 4.78 is 6.34. The molecule has 32 heavy (non-hydrogen) atoms. The minimum atomic E-state index is -0.978. The van der Waals surface area contributed by atoms with E-state index in [0.717, 1.165) is 10.3 Å². The zero-order valence-electron chi connectivity index (χ0n) is 17.2. The minimum absolute atomic E-state index is 0.0174. The second kappa shape index (κ2) is 7.35. The summed E-state index contributed by atoms with van der Waals surface area (Å²) in [6.45, 7) is 3.66. The van der Waals surface area contributed by atoms with Crippen molar-refractivity contribution in [3.8, 4) is 5.75 Å². The van der Waals surface area contributed by atoms with Gasteiger partial charge in [-0.15, -0.1) is 0 Å². The number of aromatic hydroxyl groups is 1. The highest BCUT2D eigenvalue weighted by atomic mass is 32.1. The highest BCUT2D eigenvalue weighted by Gasteiger charge is 2.46. The van der Waals surface area contributed by atoms with E-state index in [1.165, 1.54) is 34.4 Å². The topological polar surface area (TPSA) is 104 Å². The number of hydrogen-bond acceptors (Lipinski definition) is 7. The Morgan fingerprint density at radius 2 is 1.91 bits per heavy atom. The number of aliphatic hydroxyl groups excluding tert-OH is 1. The molecule has 0 radical (unpaired) electrons. The van der Waals surface area contributed by atoms with Gasteiger partial charge in [0.15, 0.2) is 16.7 Å². The largest absolute Gasteiger partial charge is 0.508 e. The van der Waals surface area contributed by atoms with Gasteiger partial charge in [0, 0.05) is 0 Å². The van der Waals surface area contributed by atoms with Crippen LogP contribution in [-0.4, -0.2) is 26.9 Å². The highest BCUT2D eigenvalue weighted by Crippen LogP contribution is 2.44. The smallest absolute Gasteiger partial charge is 0.296 e. The lowest BCUT2D eigenvalue weighted by Gasteiger charge is -2.24. The van der Waals surface area contributed by atoms with Gasteiger partial charge in [-0.1, -0.05) is 29.5 Å². The molecule has 2 aromatic heterocycles. The van der Waals surface area contributed by atoms with Crippen molar-refractivity contribution < 1.29 is 24.2 Å². The Kier molecular flexibility index (Phi) is 4.60. The van der Waals surface area contributed by atoms with Crippen molar-refractivity contribution >= 4 is 38.4 Å². The van der Waals surface area contributed by atoms with Gasteiger partial charge in [-0.25, -0.2) is 4.98 Å². The molecule has 0 spiro atoms. The van der Waals surface area contributed by atoms with Crippen LogP contribution in [0.25, 0.3) is 10.2 Å². The Bertz CT molecular complexity index is 1430. The molecule has 1 aliphatic rings. The van der Waals surface area contributed by atoms with Crippen LogP contribution >= 0.6 is 11.3 Å². The number of anilines is 1. The van der Waals surface area contributed by atoms with E-state index in [4.69, 9.17) is 4.42 Å². The van der Waals surface area contributed by atoms with Crippen LogP contribution in [0.3, 0.4) is 0 Å². The fourth-order valence-electron chi connectivity index (χ4n) is 3.86. The second-order valence-electron chi connectivity index (χ2n) is 7.64. The average Bonchev–Trinajstić information content (AvgIpc) is 3.44. The van der Waals surface area contributed by atoms with Gasteiger partial charge in [0.1, 0.15) is 11.5 Å². The zero-order valence-corrected chi connectivity index (χ0v) is 18.0. The molecule has 2 N–H and O–H groups in total. The van der Waals surface area contributed by atoms with Crippen LogP contribution in [0.4, 0.5) is 5.13 Å². The van der Waals surface area contributed by atoms with Crippen LogP contribution in [0.5, 0.6) is 5.75 Å². The van der Waals surface area contributed by atoms with Gasteiger partial charge in [0.25, 0.3) is 5.91 Å². The molecule has 1 atom stereocenters. The van der Waals surface area contributed by atoms with E-state index in [1.807, 2.05) is 25.1 Å². The lowest BCUT2D eigenvalue weighted by molar-refractivity contribution is -0.117. The molecule has 0 aliphatic carbocycles. The molecule has 7 nitrogen and oxygen atoms in total. The first kappa shape index (κ1) is 20.0. The molecule has 0 unspecified atom stereocenters. The number of carbonyl (C=O) groups excluding carboxylic acids is 2. The van der Waals surface area contributed by atoms with Crippen LogP contribution in [0.1, 0.15) is 33.5 Å². The monoisotopic (exact) mass is 446 g/mol. The molecule has 160 valence electrons. The number of phenolic OH excluding ortho intramolecular Hbond substituents is 1. The number of hydrogen-bond donors (Lipinski definition) is 2. The summed E-state index contributed by atoms with van der Waals surface area (Å²) in [5.74, 6) is -1.47. The number of benzene rings is 2. The van der Waals surface area contributed by atoms with Crippen molar-refractivity contribution in [1.82, 2.24) is 4.98 Å². The average molecular weight is 446 g/mol. The molecule has 4 aromatic rings. The van der Waals surface area contributed by atoms with Crippen LogP contribution in [0.2, 0.25) is 0 Å². The molecular weight excluding hydrogens is 428 g/mol. The number of aromatic nitrogens is 1. The Balaban J connectivity index is 1.69. The molecule has 1 aliphatic heterocycles. The van der Waals surface area contributed by atoms with E-state index >= 15 is 0 Å². The Hall–Kier alpha value is -3.91. The zero-order chi connectivity index (χ0) is 22.6. The normalized spacial score (nSPS) is 16.4. The van der Waals surface area contributed by atoms with Crippen molar-refractivity contribution in [2.45, 2.75) is 19.9 Å². The summed E-state index contributed by atoms with van der Waals surface area (Å²) in [6.07, 6.45) is 0. The number of rotatable bonds is 4. The summed E-state index contributed by atoms with van der Waals surface area (Å²) in [7, 11) is 0. The van der Waals surface area contributed by atoms with Gasteiger partial charge in [-0.3, -0.25) is 14.5 Å². The summed E-state index contributed by atoms with van der Waals surface area (Å²) in [5.41, 5.74) is 2.10. The van der Waals surface area contributed by atoms with Crippen LogP contribution < -0.4 is 4.90 Å². The standard InChI is InChI=1S/C24H18N2O5S/c1-12-6-8-16-18(10-12)32-24(25-16)26-20(14-4-3-5-15(27)11-14)19(22(29)23(26)30)21(28)17-9-7-13(2)31-17/h3-11,20,27,29H,1-2H3/t20-/m1/s1. The van der Waals surface area contributed by atoms with Crippen molar-refractivity contribution in [2.24, 2.45) is 0 Å². The maximum atomic E-state index is 13.3. The fourth-order valence-corrected chi connectivity index (χ4v) is 4.95. The Morgan fingerprint density at radius 1 is 1.09 bits per heavy atom. The van der Waals surface area contributed by atoms with Crippen LogP contribution in [0, 0.1) is 13.8 Å². The molecule has 0 saturated carbocycles. The number of aliphatic hydroxyl groups is 1. The Labute approximate surface area is 186 Å². The van der Waals surface area contributed by atoms with Crippen molar-refractivity contribution in [3.05, 3.63) is 88.6 Å². The number of fused-ring (bicyclic) bond motifs is 1. The van der Waals surface area contributed by atoms with Crippen molar-refractivity contribution in [1.29, 1.82) is 0 Å². The number of carbonyl (C=O) groups is 2. The van der Waals surface area contributed by atoms with E-state index in [9.17, 15) is 19.8 Å². The number of amides is 1. The Morgan fingerprint density at radius 3 is 2.62 bits per heavy atom. The molecule has 5 rings (SSSR count). The first-order chi connectivity index (χ1) is 15.3. The number of furan rings is 1. The fraction of sp³-hybridized carbons (Fsp3) is 0.125. The minimum Gasteiger partial charge on any atom is -0.508 e. The van der Waals surface area contributed by atoms with Crippen molar-refractivity contribution in [3.63, 3.8) is 0 Å². The number of thiazole rings is 1. The number of aryl methyl sites for hydroxylation is 2. The lowest BCUT2D eigenvalue weighted by atomic mass is 9.95. The van der Waals surface area contributed by atoms with Gasteiger partial charge in [0.2, 0.25) is 5.78 Å². The third-order valence-corrected chi connectivity index (χ3v) is 6.36. The van der Waals surface area contributed by atoms with E-state index in [-0.39, 0.29) is 17.1 Å². The molecule has 0 saturated heterocycles. The van der Waals surface area contributed by atoms with E-state index < -0.39 is 23.5 Å². The summed E-state index contributed by atoms with van der Waals surface area (Å²) in [6, 6.07) is 14.2. The van der Waals surface area contributed by atoms with Gasteiger partial charge in [0.05, 0.1) is 21.8 Å². The maximum Gasteiger partial charge on any atom is 0.296 e. The first-order valence-corrected chi connectivity index (χ1v) is 10.7. The molecule has 2 aromatic carbocycles. The maximum absolute atomic E-state index is 13.3. The quantitative estimate of drug-likeness (QED) is 0.428. The summed E-state index contributed by atoms with van der Waals surface area (Å²) in [5, 5.41) is 21.2. The molecule has 8 heteroatoms. The molecular formula is C24H18N2O5S. The van der Waals surface area contributed by atoms with Crippen LogP contribution in [-0.2, 0) is 4.79 Å². The summed E-state index contributed by atoms with van der Waals surface area (Å²) >= 11 is 1.29. The SMILES string of the molecule is Cc1ccc2nc(N3C(=O)C(O)=C(C(=O)c4ccc(C)o4)[C@H]3c3cccc(O)c3)sc2c1. The van der Waals surface area contributed by atoms with Crippen molar-refractivity contribution in [2.75, 3.05) is 4.90 Å². The summed E-state index contributed by atoms with van der Waals surface area (Å²) in [4.78, 5) is 32.4. The lowest BCUT2D eigenvalue weighted by Crippen LogP contribution is -2.30. The van der Waals surface area contributed by atoms with E-state index in [0.29, 0.717) is 22.0 Å². The molecule has 1 amide bonds. The van der Waals surface area contributed by atoms with Crippen LogP contribution in [0.15, 0.2) is 70.3 Å².